The van der Waals surface area contributed by atoms with Crippen molar-refractivity contribution in [1.29, 1.82) is 0 Å². The summed E-state index contributed by atoms with van der Waals surface area (Å²) in [7, 11) is 0. The third-order valence-corrected chi connectivity index (χ3v) is 6.48. The molecule has 118 valence electrons. The minimum absolute atomic E-state index is 0.292. The number of hydrogen-bond donors (Lipinski definition) is 2. The summed E-state index contributed by atoms with van der Waals surface area (Å²) in [5, 5.41) is 14.7. The molecule has 1 aliphatic rings. The van der Waals surface area contributed by atoms with Crippen LogP contribution in [0.25, 0.3) is 0 Å². The molecule has 2 unspecified atom stereocenters. The van der Waals surface area contributed by atoms with Crippen LogP contribution in [0.5, 0.6) is 5.75 Å². The van der Waals surface area contributed by atoms with Gasteiger partial charge < -0.3 is 15.2 Å². The highest BCUT2D eigenvalue weighted by molar-refractivity contribution is 8.06. The highest BCUT2D eigenvalue weighted by atomic mass is 35.5. The zero-order valence-corrected chi connectivity index (χ0v) is 14.6. The fraction of sp³-hybridized carbons (Fsp3) is 0.600. The van der Waals surface area contributed by atoms with Crippen LogP contribution in [0.3, 0.4) is 0 Å². The Morgan fingerprint density at radius 3 is 3.05 bits per heavy atom. The van der Waals surface area contributed by atoms with Crippen LogP contribution >= 0.6 is 35.1 Å². The molecule has 1 heterocycles. The van der Waals surface area contributed by atoms with E-state index in [0.29, 0.717) is 18.4 Å². The van der Waals surface area contributed by atoms with Gasteiger partial charge in [0.15, 0.2) is 0 Å². The Balaban J connectivity index is 1.62. The first-order valence-electron chi connectivity index (χ1n) is 7.12. The molecule has 0 amide bonds. The van der Waals surface area contributed by atoms with Crippen molar-refractivity contribution in [2.24, 2.45) is 0 Å². The van der Waals surface area contributed by atoms with E-state index in [1.54, 1.807) is 0 Å². The van der Waals surface area contributed by atoms with Crippen molar-refractivity contribution in [3.8, 4) is 5.75 Å². The molecule has 0 aromatic heterocycles. The van der Waals surface area contributed by atoms with Gasteiger partial charge in [0.2, 0.25) is 0 Å². The van der Waals surface area contributed by atoms with Crippen LogP contribution in [0.15, 0.2) is 18.2 Å². The number of aliphatic hydroxyl groups is 1. The maximum absolute atomic E-state index is 9.94. The molecule has 2 N–H and O–H groups in total. The Hall–Kier alpha value is -0.0700. The van der Waals surface area contributed by atoms with Crippen LogP contribution in [0.1, 0.15) is 5.56 Å². The van der Waals surface area contributed by atoms with Gasteiger partial charge in [-0.25, -0.2) is 0 Å². The summed E-state index contributed by atoms with van der Waals surface area (Å²) in [6, 6.07) is 5.53. The van der Waals surface area contributed by atoms with Crippen molar-refractivity contribution >= 4 is 35.1 Å². The molecule has 1 aromatic rings. The Labute approximate surface area is 140 Å². The molecular formula is C15H22ClNO2S2. The molecule has 6 heteroatoms. The quantitative estimate of drug-likeness (QED) is 0.793. The summed E-state index contributed by atoms with van der Waals surface area (Å²) in [6.45, 7) is 3.75. The Kier molecular flexibility index (Phi) is 7.54. The topological polar surface area (TPSA) is 41.5 Å². The van der Waals surface area contributed by atoms with E-state index in [-0.39, 0.29) is 0 Å². The molecule has 21 heavy (non-hydrogen) atoms. The predicted octanol–water partition coefficient (Wildman–Crippen LogP) is 2.83. The number of hydrogen-bond acceptors (Lipinski definition) is 5. The van der Waals surface area contributed by atoms with E-state index in [4.69, 9.17) is 16.3 Å². The minimum atomic E-state index is -0.498. The van der Waals surface area contributed by atoms with Gasteiger partial charge in [-0.05, 0) is 30.7 Å². The third-order valence-electron chi connectivity index (χ3n) is 3.21. The monoisotopic (exact) mass is 347 g/mol. The minimum Gasteiger partial charge on any atom is -0.491 e. The molecule has 1 fully saturated rings. The second kappa shape index (κ2) is 9.16. The Morgan fingerprint density at radius 2 is 2.33 bits per heavy atom. The number of benzene rings is 1. The van der Waals surface area contributed by atoms with Gasteiger partial charge in [-0.1, -0.05) is 11.6 Å². The highest BCUT2D eigenvalue weighted by Crippen LogP contribution is 2.23. The average Bonchev–Trinajstić information content (AvgIpc) is 2.49. The SMILES string of the molecule is Cc1cc(OCC(O)CNCC2CSCCS2)ccc1Cl. The van der Waals surface area contributed by atoms with Gasteiger partial charge in [0.05, 0.1) is 0 Å². The van der Waals surface area contributed by atoms with Crippen molar-refractivity contribution < 1.29 is 9.84 Å². The van der Waals surface area contributed by atoms with Crippen molar-refractivity contribution in [1.82, 2.24) is 5.32 Å². The van der Waals surface area contributed by atoms with Crippen LogP contribution in [0.4, 0.5) is 0 Å². The largest absolute Gasteiger partial charge is 0.491 e. The first-order valence-corrected chi connectivity index (χ1v) is 9.70. The van der Waals surface area contributed by atoms with Crippen LogP contribution in [-0.2, 0) is 0 Å². The summed E-state index contributed by atoms with van der Waals surface area (Å²) in [6.07, 6.45) is -0.498. The molecule has 1 aliphatic heterocycles. The molecule has 0 radical (unpaired) electrons. The summed E-state index contributed by atoms with van der Waals surface area (Å²) >= 11 is 10.00. The first kappa shape index (κ1) is 17.3. The highest BCUT2D eigenvalue weighted by Gasteiger charge is 2.14. The number of aliphatic hydroxyl groups excluding tert-OH is 1. The van der Waals surface area contributed by atoms with Gasteiger partial charge in [0.1, 0.15) is 18.5 Å². The van der Waals surface area contributed by atoms with Gasteiger partial charge in [-0.2, -0.15) is 23.5 Å². The van der Waals surface area contributed by atoms with Gasteiger partial charge in [0.25, 0.3) is 0 Å². The van der Waals surface area contributed by atoms with E-state index in [2.05, 4.69) is 5.32 Å². The summed E-state index contributed by atoms with van der Waals surface area (Å²) < 4.78 is 5.59. The van der Waals surface area contributed by atoms with E-state index in [9.17, 15) is 5.11 Å². The van der Waals surface area contributed by atoms with Gasteiger partial charge in [-0.15, -0.1) is 0 Å². The number of halogens is 1. The molecule has 1 aromatic carbocycles. The maximum Gasteiger partial charge on any atom is 0.119 e. The van der Waals surface area contributed by atoms with Crippen molar-refractivity contribution in [3.63, 3.8) is 0 Å². The molecule has 0 saturated carbocycles. The van der Waals surface area contributed by atoms with Crippen LogP contribution in [0, 0.1) is 6.92 Å². The van der Waals surface area contributed by atoms with E-state index in [1.807, 2.05) is 48.6 Å². The second-order valence-electron chi connectivity index (χ2n) is 5.10. The smallest absolute Gasteiger partial charge is 0.119 e. The fourth-order valence-electron chi connectivity index (χ4n) is 2.02. The van der Waals surface area contributed by atoms with Gasteiger partial charge in [0, 0.05) is 40.6 Å². The number of nitrogens with one attached hydrogen (secondary N) is 1. The van der Waals surface area contributed by atoms with Crippen molar-refractivity contribution in [2.75, 3.05) is 37.0 Å². The van der Waals surface area contributed by atoms with Crippen LogP contribution < -0.4 is 10.1 Å². The van der Waals surface area contributed by atoms with Crippen LogP contribution in [-0.4, -0.2) is 53.4 Å². The lowest BCUT2D eigenvalue weighted by molar-refractivity contribution is 0.106. The van der Waals surface area contributed by atoms with E-state index >= 15 is 0 Å². The zero-order valence-electron chi connectivity index (χ0n) is 12.2. The molecule has 0 spiro atoms. The third kappa shape index (κ3) is 6.28. The van der Waals surface area contributed by atoms with E-state index < -0.39 is 6.10 Å². The summed E-state index contributed by atoms with van der Waals surface area (Å²) in [5.74, 6) is 4.44. The number of rotatable bonds is 7. The average molecular weight is 348 g/mol. The van der Waals surface area contributed by atoms with Crippen LogP contribution in [0.2, 0.25) is 5.02 Å². The zero-order chi connectivity index (χ0) is 15.1. The molecule has 0 aliphatic carbocycles. The lowest BCUT2D eigenvalue weighted by atomic mass is 10.2. The lowest BCUT2D eigenvalue weighted by Crippen LogP contribution is -2.36. The number of aryl methyl sites for hydroxylation is 1. The van der Waals surface area contributed by atoms with Gasteiger partial charge >= 0.3 is 0 Å². The molecule has 3 nitrogen and oxygen atoms in total. The predicted molar refractivity (Wildman–Crippen MR) is 94.1 cm³/mol. The molecule has 2 rings (SSSR count). The molecule has 0 bridgehead atoms. The Morgan fingerprint density at radius 1 is 1.48 bits per heavy atom. The first-order chi connectivity index (χ1) is 10.1. The fourth-order valence-corrected chi connectivity index (χ4v) is 4.79. The standard InChI is InChI=1S/C15H22ClNO2S2/c1-11-6-13(2-3-15(11)16)19-9-12(18)7-17-8-14-10-20-4-5-21-14/h2-3,6,12,14,17-18H,4-5,7-10H2,1H3. The molecule has 1 saturated heterocycles. The summed E-state index contributed by atoms with van der Waals surface area (Å²) in [4.78, 5) is 0. The maximum atomic E-state index is 9.94. The lowest BCUT2D eigenvalue weighted by Gasteiger charge is -2.22. The van der Waals surface area contributed by atoms with E-state index in [0.717, 1.165) is 22.9 Å². The molecule has 2 atom stereocenters. The number of ether oxygens (including phenoxy) is 1. The second-order valence-corrected chi connectivity index (χ2v) is 8.07. The Bertz CT molecular complexity index is 442. The summed E-state index contributed by atoms with van der Waals surface area (Å²) in [5.41, 5.74) is 0.980. The van der Waals surface area contributed by atoms with Gasteiger partial charge in [-0.3, -0.25) is 0 Å². The normalized spacial score (nSPS) is 20.2. The molecular weight excluding hydrogens is 326 g/mol. The number of thioether (sulfide) groups is 2. The van der Waals surface area contributed by atoms with Crippen molar-refractivity contribution in [2.45, 2.75) is 18.3 Å². The van der Waals surface area contributed by atoms with Crippen molar-refractivity contribution in [3.05, 3.63) is 28.8 Å². The van der Waals surface area contributed by atoms with E-state index in [1.165, 1.54) is 17.3 Å².